The molecule has 126 valence electrons. The van der Waals surface area contributed by atoms with Crippen LogP contribution >= 0.6 is 0 Å². The predicted octanol–water partition coefficient (Wildman–Crippen LogP) is 4.61. The van der Waals surface area contributed by atoms with Gasteiger partial charge in [0, 0.05) is 11.3 Å². The Labute approximate surface area is 147 Å². The van der Waals surface area contributed by atoms with Crippen LogP contribution in [-0.2, 0) is 4.79 Å². The number of hydrogen-bond acceptors (Lipinski definition) is 3. The van der Waals surface area contributed by atoms with Crippen molar-refractivity contribution in [2.45, 2.75) is 0 Å². The number of carbonyl (C=O) groups is 1. The van der Waals surface area contributed by atoms with Gasteiger partial charge in [-0.1, -0.05) is 36.4 Å². The number of nitrogens with one attached hydrogen (secondary N) is 1. The van der Waals surface area contributed by atoms with Crippen molar-refractivity contribution in [1.29, 1.82) is 0 Å². The van der Waals surface area contributed by atoms with E-state index in [1.165, 1.54) is 0 Å². The van der Waals surface area contributed by atoms with Gasteiger partial charge in [0.05, 0.1) is 14.2 Å². The maximum absolute atomic E-state index is 11.0. The number of methoxy groups -OCH3 is 2. The van der Waals surface area contributed by atoms with Crippen LogP contribution in [0.25, 0.3) is 22.3 Å². The molecular weight excluding hydrogens is 314 g/mol. The topological polar surface area (TPSA) is 47.6 Å². The van der Waals surface area contributed by atoms with Crippen LogP contribution in [0.3, 0.4) is 0 Å². The highest BCUT2D eigenvalue weighted by Gasteiger charge is 2.08. The molecular formula is C21H19NO3. The van der Waals surface area contributed by atoms with Crippen molar-refractivity contribution in [2.24, 2.45) is 0 Å². The van der Waals surface area contributed by atoms with Gasteiger partial charge in [0.25, 0.3) is 0 Å². The highest BCUT2D eigenvalue weighted by Crippen LogP contribution is 2.33. The van der Waals surface area contributed by atoms with E-state index in [2.05, 4.69) is 5.32 Å². The quantitative estimate of drug-likeness (QED) is 0.670. The molecule has 0 aliphatic carbocycles. The fraction of sp³-hybridized carbons (Fsp3) is 0.0952. The Bertz CT molecular complexity index is 855. The highest BCUT2D eigenvalue weighted by molar-refractivity contribution is 5.88. The summed E-state index contributed by atoms with van der Waals surface area (Å²) in [5.41, 5.74) is 4.78. The summed E-state index contributed by atoms with van der Waals surface area (Å²) < 4.78 is 10.4. The van der Waals surface area contributed by atoms with E-state index in [1.54, 1.807) is 14.2 Å². The number of amides is 1. The molecule has 4 nitrogen and oxygen atoms in total. The Morgan fingerprint density at radius 2 is 1.24 bits per heavy atom. The molecule has 0 saturated heterocycles. The van der Waals surface area contributed by atoms with Crippen molar-refractivity contribution in [2.75, 3.05) is 19.5 Å². The van der Waals surface area contributed by atoms with Crippen molar-refractivity contribution >= 4 is 12.1 Å². The van der Waals surface area contributed by atoms with Crippen LogP contribution in [0.4, 0.5) is 5.69 Å². The first-order chi connectivity index (χ1) is 12.2. The lowest BCUT2D eigenvalue weighted by Gasteiger charge is -2.12. The molecule has 3 aromatic carbocycles. The van der Waals surface area contributed by atoms with Crippen LogP contribution < -0.4 is 14.8 Å². The number of hydrogen-bond donors (Lipinski definition) is 1. The average Bonchev–Trinajstić information content (AvgIpc) is 2.68. The van der Waals surface area contributed by atoms with Crippen molar-refractivity contribution in [3.8, 4) is 33.8 Å². The van der Waals surface area contributed by atoms with Gasteiger partial charge in [-0.25, -0.2) is 0 Å². The van der Waals surface area contributed by atoms with Crippen LogP contribution in [0, 0.1) is 0 Å². The molecule has 3 aromatic rings. The minimum Gasteiger partial charge on any atom is -0.497 e. The zero-order valence-corrected chi connectivity index (χ0v) is 14.2. The van der Waals surface area contributed by atoms with Gasteiger partial charge >= 0.3 is 0 Å². The Hall–Kier alpha value is -3.27. The first-order valence-corrected chi connectivity index (χ1v) is 7.88. The molecule has 1 amide bonds. The van der Waals surface area contributed by atoms with Gasteiger partial charge in [-0.15, -0.1) is 0 Å². The predicted molar refractivity (Wildman–Crippen MR) is 100 cm³/mol. The Morgan fingerprint density at radius 1 is 0.720 bits per heavy atom. The summed E-state index contributed by atoms with van der Waals surface area (Å²) >= 11 is 0. The Morgan fingerprint density at radius 3 is 1.76 bits per heavy atom. The summed E-state index contributed by atoms with van der Waals surface area (Å²) in [6.45, 7) is 0. The molecule has 0 spiro atoms. The molecule has 0 heterocycles. The number of carbonyl (C=O) groups excluding carboxylic acids is 1. The van der Waals surface area contributed by atoms with E-state index >= 15 is 0 Å². The summed E-state index contributed by atoms with van der Waals surface area (Å²) in [6.07, 6.45) is 0.695. The van der Waals surface area contributed by atoms with Gasteiger partial charge < -0.3 is 14.8 Å². The summed E-state index contributed by atoms with van der Waals surface area (Å²) in [6, 6.07) is 21.6. The van der Waals surface area contributed by atoms with Crippen LogP contribution in [0.5, 0.6) is 11.5 Å². The third-order valence-electron chi connectivity index (χ3n) is 4.06. The fourth-order valence-electron chi connectivity index (χ4n) is 2.71. The highest BCUT2D eigenvalue weighted by atomic mass is 16.5. The maximum Gasteiger partial charge on any atom is 0.211 e. The molecule has 0 aromatic heterocycles. The number of benzene rings is 3. The summed E-state index contributed by atoms with van der Waals surface area (Å²) in [5, 5.41) is 2.80. The van der Waals surface area contributed by atoms with Crippen molar-refractivity contribution in [1.82, 2.24) is 0 Å². The zero-order chi connectivity index (χ0) is 17.6. The molecule has 0 saturated carbocycles. The van der Waals surface area contributed by atoms with E-state index in [9.17, 15) is 4.79 Å². The normalized spacial score (nSPS) is 10.2. The third-order valence-corrected chi connectivity index (χ3v) is 4.06. The number of rotatable bonds is 6. The summed E-state index contributed by atoms with van der Waals surface area (Å²) in [5.74, 6) is 1.60. The molecule has 0 unspecified atom stereocenters. The standard InChI is InChI=1S/C21H19NO3/c1-24-18-8-3-15(4-9-18)17-7-12-20(21(13-17)22-14-23)16-5-10-19(25-2)11-6-16/h3-14H,1-2H3,(H,22,23). The van der Waals surface area contributed by atoms with Crippen molar-refractivity contribution in [3.05, 3.63) is 66.7 Å². The third kappa shape index (κ3) is 3.63. The second kappa shape index (κ2) is 7.53. The summed E-state index contributed by atoms with van der Waals surface area (Å²) in [7, 11) is 3.28. The second-order valence-corrected chi connectivity index (χ2v) is 5.48. The Kier molecular flexibility index (Phi) is 5.00. The molecule has 4 heteroatoms. The van der Waals surface area contributed by atoms with Gasteiger partial charge in [0.2, 0.25) is 6.41 Å². The molecule has 0 aliphatic heterocycles. The van der Waals surface area contributed by atoms with E-state index in [0.717, 1.165) is 39.4 Å². The smallest absolute Gasteiger partial charge is 0.211 e. The molecule has 3 rings (SSSR count). The van der Waals surface area contributed by atoms with Gasteiger partial charge in [0.1, 0.15) is 11.5 Å². The lowest BCUT2D eigenvalue weighted by molar-refractivity contribution is -0.105. The van der Waals surface area contributed by atoms with Crippen LogP contribution in [0.2, 0.25) is 0 Å². The van der Waals surface area contributed by atoms with Gasteiger partial charge in [0.15, 0.2) is 0 Å². The fourth-order valence-corrected chi connectivity index (χ4v) is 2.71. The first kappa shape index (κ1) is 16.6. The number of anilines is 1. The van der Waals surface area contributed by atoms with Crippen molar-refractivity contribution in [3.63, 3.8) is 0 Å². The van der Waals surface area contributed by atoms with E-state index in [-0.39, 0.29) is 0 Å². The van der Waals surface area contributed by atoms with E-state index in [1.807, 2.05) is 66.7 Å². The minimum atomic E-state index is 0.695. The van der Waals surface area contributed by atoms with Crippen LogP contribution in [0.1, 0.15) is 0 Å². The van der Waals surface area contributed by atoms with Gasteiger partial charge in [-0.05, 0) is 47.0 Å². The zero-order valence-electron chi connectivity index (χ0n) is 14.2. The molecule has 0 aliphatic rings. The number of ether oxygens (including phenoxy) is 2. The molecule has 0 bridgehead atoms. The van der Waals surface area contributed by atoms with E-state index < -0.39 is 0 Å². The molecule has 0 radical (unpaired) electrons. The van der Waals surface area contributed by atoms with Crippen molar-refractivity contribution < 1.29 is 14.3 Å². The monoisotopic (exact) mass is 333 g/mol. The average molecular weight is 333 g/mol. The second-order valence-electron chi connectivity index (χ2n) is 5.48. The summed E-state index contributed by atoms with van der Waals surface area (Å²) in [4.78, 5) is 11.0. The maximum atomic E-state index is 11.0. The molecule has 25 heavy (non-hydrogen) atoms. The van der Waals surface area contributed by atoms with Gasteiger partial charge in [-0.3, -0.25) is 4.79 Å². The Balaban J connectivity index is 2.00. The molecule has 1 N–H and O–H groups in total. The lowest BCUT2D eigenvalue weighted by atomic mass is 9.98. The lowest BCUT2D eigenvalue weighted by Crippen LogP contribution is -1.97. The van der Waals surface area contributed by atoms with Gasteiger partial charge in [-0.2, -0.15) is 0 Å². The minimum absolute atomic E-state index is 0.695. The first-order valence-electron chi connectivity index (χ1n) is 7.88. The van der Waals surface area contributed by atoms with Crippen LogP contribution in [0.15, 0.2) is 66.7 Å². The van der Waals surface area contributed by atoms with E-state index in [0.29, 0.717) is 6.41 Å². The SMILES string of the molecule is COc1ccc(-c2ccc(-c3ccc(OC)cc3)c(NC=O)c2)cc1. The molecule has 0 fully saturated rings. The van der Waals surface area contributed by atoms with E-state index in [4.69, 9.17) is 9.47 Å². The van der Waals surface area contributed by atoms with Crippen LogP contribution in [-0.4, -0.2) is 20.6 Å². The molecule has 0 atom stereocenters. The largest absolute Gasteiger partial charge is 0.497 e.